The number of imide groups is 1. The van der Waals surface area contributed by atoms with Crippen LogP contribution in [0.1, 0.15) is 34.3 Å². The van der Waals surface area contributed by atoms with Crippen LogP contribution in [0.2, 0.25) is 0 Å². The summed E-state index contributed by atoms with van der Waals surface area (Å²) in [7, 11) is 5.15. The quantitative estimate of drug-likeness (QED) is 0.442. The number of benzene rings is 2. The number of hydrogen-bond acceptors (Lipinski definition) is 6. The molecule has 0 saturated carbocycles. The van der Waals surface area contributed by atoms with Crippen LogP contribution in [-0.4, -0.2) is 41.2 Å². The van der Waals surface area contributed by atoms with E-state index in [-0.39, 0.29) is 24.7 Å². The Labute approximate surface area is 187 Å². The van der Waals surface area contributed by atoms with E-state index in [4.69, 9.17) is 4.74 Å². The van der Waals surface area contributed by atoms with Crippen LogP contribution in [-0.2, 0) is 16.1 Å². The summed E-state index contributed by atoms with van der Waals surface area (Å²) in [6.07, 6.45) is 0.477. The second-order valence-electron chi connectivity index (χ2n) is 7.49. The Kier molecular flexibility index (Phi) is 5.97. The number of nitrogens with one attached hydrogen (secondary N) is 3. The predicted octanol–water partition coefficient (Wildman–Crippen LogP) is 2.25. The highest BCUT2D eigenvalue weighted by molar-refractivity contribution is 7.22. The van der Waals surface area contributed by atoms with E-state index in [0.29, 0.717) is 34.7 Å². The fourth-order valence-electron chi connectivity index (χ4n) is 3.93. The summed E-state index contributed by atoms with van der Waals surface area (Å²) in [5, 5.41) is 8.67. The standard InChI is InChI=1S/C23H23N4O4P/c1-13(25-16-8-3-4-9-18(16)31-2)24-12-14-6-5-7-15-20(14)22(30)27(23(15)32)17-10-11-19(28)26-21(17)29/h3-9,17,24-25,32H,1,10-12H2,2H3,(H,26,28,29). The predicted molar refractivity (Wildman–Crippen MR) is 124 cm³/mol. The number of carbonyl (C=O) groups is 3. The van der Waals surface area contributed by atoms with Gasteiger partial charge in [-0.3, -0.25) is 24.6 Å². The Hall–Kier alpha value is -3.64. The van der Waals surface area contributed by atoms with Crippen molar-refractivity contribution in [3.8, 4) is 5.75 Å². The zero-order chi connectivity index (χ0) is 22.8. The minimum Gasteiger partial charge on any atom is -0.495 e. The number of hydrogen-bond donors (Lipinski definition) is 3. The van der Waals surface area contributed by atoms with Crippen LogP contribution in [0.5, 0.6) is 5.75 Å². The molecule has 32 heavy (non-hydrogen) atoms. The molecule has 2 heterocycles. The highest BCUT2D eigenvalue weighted by atomic mass is 31.0. The monoisotopic (exact) mass is 450 g/mol. The van der Waals surface area contributed by atoms with Gasteiger partial charge >= 0.3 is 0 Å². The van der Waals surface area contributed by atoms with Gasteiger partial charge in [-0.15, -0.1) is 0 Å². The molecule has 2 aliphatic heterocycles. The van der Waals surface area contributed by atoms with Gasteiger partial charge in [-0.25, -0.2) is 0 Å². The minimum atomic E-state index is -0.733. The Balaban J connectivity index is 1.50. The SMILES string of the molecule is C=C(NCc1cccc2c1C(=O)N(C1CCC(=O)NC1=O)C2=P)Nc1ccccc1OC. The lowest BCUT2D eigenvalue weighted by molar-refractivity contribution is -0.135. The normalized spacial score (nSPS) is 17.7. The number of piperidine rings is 1. The van der Waals surface area contributed by atoms with E-state index in [0.717, 1.165) is 11.3 Å². The molecule has 0 radical (unpaired) electrons. The molecule has 1 unspecified atom stereocenters. The fraction of sp³-hybridized carbons (Fsp3) is 0.217. The van der Waals surface area contributed by atoms with Crippen molar-refractivity contribution in [2.45, 2.75) is 25.4 Å². The number of rotatable bonds is 7. The van der Waals surface area contributed by atoms with Gasteiger partial charge in [-0.2, -0.15) is 0 Å². The first kappa shape index (κ1) is 21.6. The Morgan fingerprint density at radius 3 is 2.75 bits per heavy atom. The number of carbonyl (C=O) groups excluding carboxylic acids is 3. The summed E-state index contributed by atoms with van der Waals surface area (Å²) >= 11 is 0. The van der Waals surface area contributed by atoms with Crippen molar-refractivity contribution >= 4 is 37.7 Å². The molecule has 0 aromatic heterocycles. The molecule has 3 amide bonds. The minimum absolute atomic E-state index is 0.193. The summed E-state index contributed by atoms with van der Waals surface area (Å²) in [5.74, 6) is 0.163. The van der Waals surface area contributed by atoms with Crippen LogP contribution in [0.3, 0.4) is 0 Å². The van der Waals surface area contributed by atoms with Crippen LogP contribution < -0.4 is 20.7 Å². The number of anilines is 1. The average Bonchev–Trinajstić information content (AvgIpc) is 3.03. The molecule has 2 aromatic carbocycles. The van der Waals surface area contributed by atoms with Crippen LogP contribution in [0, 0.1) is 0 Å². The molecular weight excluding hydrogens is 427 g/mol. The zero-order valence-electron chi connectivity index (χ0n) is 17.5. The third kappa shape index (κ3) is 3.97. The highest BCUT2D eigenvalue weighted by Gasteiger charge is 2.42. The number of amides is 3. The van der Waals surface area contributed by atoms with Gasteiger partial charge < -0.3 is 15.4 Å². The van der Waals surface area contributed by atoms with Crippen molar-refractivity contribution in [2.75, 3.05) is 12.4 Å². The third-order valence-corrected chi connectivity index (χ3v) is 6.00. The summed E-state index contributed by atoms with van der Waals surface area (Å²) < 4.78 is 5.34. The van der Waals surface area contributed by atoms with Gasteiger partial charge in [0, 0.05) is 18.5 Å². The van der Waals surface area contributed by atoms with Crippen molar-refractivity contribution in [1.29, 1.82) is 0 Å². The molecule has 3 N–H and O–H groups in total. The molecule has 1 saturated heterocycles. The molecule has 4 rings (SSSR count). The second kappa shape index (κ2) is 8.85. The molecule has 1 atom stereocenters. The molecule has 9 heteroatoms. The van der Waals surface area contributed by atoms with E-state index in [9.17, 15) is 14.4 Å². The van der Waals surface area contributed by atoms with Gasteiger partial charge in [0.05, 0.1) is 29.6 Å². The van der Waals surface area contributed by atoms with Gasteiger partial charge in [0.2, 0.25) is 11.8 Å². The maximum atomic E-state index is 13.3. The van der Waals surface area contributed by atoms with Gasteiger partial charge in [0.1, 0.15) is 11.8 Å². The van der Waals surface area contributed by atoms with Crippen LogP contribution in [0.15, 0.2) is 54.9 Å². The molecule has 2 aromatic rings. The van der Waals surface area contributed by atoms with Crippen molar-refractivity contribution in [2.24, 2.45) is 0 Å². The maximum absolute atomic E-state index is 13.3. The molecule has 0 spiro atoms. The van der Waals surface area contributed by atoms with E-state index in [2.05, 4.69) is 31.4 Å². The molecule has 8 nitrogen and oxygen atoms in total. The first-order valence-corrected chi connectivity index (χ1v) is 10.6. The van der Waals surface area contributed by atoms with Crippen molar-refractivity contribution in [1.82, 2.24) is 15.5 Å². The summed E-state index contributed by atoms with van der Waals surface area (Å²) in [5.41, 5.74) is 3.27. The fourth-order valence-corrected chi connectivity index (χ4v) is 4.40. The maximum Gasteiger partial charge on any atom is 0.260 e. The van der Waals surface area contributed by atoms with E-state index >= 15 is 0 Å². The van der Waals surface area contributed by atoms with Crippen LogP contribution in [0.4, 0.5) is 5.69 Å². The highest BCUT2D eigenvalue weighted by Crippen LogP contribution is 2.31. The average molecular weight is 450 g/mol. The number of para-hydroxylation sites is 2. The van der Waals surface area contributed by atoms with Gasteiger partial charge in [0.25, 0.3) is 5.91 Å². The number of fused-ring (bicyclic) bond motifs is 1. The lowest BCUT2D eigenvalue weighted by atomic mass is 10.0. The zero-order valence-corrected chi connectivity index (χ0v) is 18.5. The Morgan fingerprint density at radius 2 is 2.00 bits per heavy atom. The number of nitrogens with zero attached hydrogens (tertiary/aromatic N) is 1. The third-order valence-electron chi connectivity index (χ3n) is 5.49. The van der Waals surface area contributed by atoms with Gasteiger partial charge in [0.15, 0.2) is 0 Å². The van der Waals surface area contributed by atoms with Gasteiger partial charge in [-0.1, -0.05) is 45.8 Å². The van der Waals surface area contributed by atoms with Crippen LogP contribution >= 0.6 is 8.86 Å². The summed E-state index contributed by atoms with van der Waals surface area (Å²) in [6, 6.07) is 12.3. The van der Waals surface area contributed by atoms with E-state index < -0.39 is 11.9 Å². The Morgan fingerprint density at radius 1 is 1.22 bits per heavy atom. The van der Waals surface area contributed by atoms with Crippen molar-refractivity contribution in [3.63, 3.8) is 0 Å². The lowest BCUT2D eigenvalue weighted by Crippen LogP contribution is -2.54. The van der Waals surface area contributed by atoms with Crippen molar-refractivity contribution in [3.05, 3.63) is 71.6 Å². The Bertz CT molecular complexity index is 1150. The van der Waals surface area contributed by atoms with E-state index in [1.807, 2.05) is 42.5 Å². The first-order valence-electron chi connectivity index (χ1n) is 10.1. The summed E-state index contributed by atoms with van der Waals surface area (Å²) in [4.78, 5) is 38.6. The first-order chi connectivity index (χ1) is 15.4. The largest absolute Gasteiger partial charge is 0.495 e. The molecule has 1 fully saturated rings. The van der Waals surface area contributed by atoms with Crippen molar-refractivity contribution < 1.29 is 19.1 Å². The second-order valence-corrected chi connectivity index (χ2v) is 7.96. The number of ether oxygens (including phenoxy) is 1. The van der Waals surface area contributed by atoms with E-state index in [1.54, 1.807) is 7.11 Å². The summed E-state index contributed by atoms with van der Waals surface area (Å²) in [6.45, 7) is 4.35. The lowest BCUT2D eigenvalue weighted by Gasteiger charge is -2.29. The molecular formula is C23H23N4O4P. The topological polar surface area (TPSA) is 99.8 Å². The van der Waals surface area contributed by atoms with E-state index in [1.165, 1.54) is 4.90 Å². The number of methoxy groups -OCH3 is 1. The molecule has 0 aliphatic carbocycles. The van der Waals surface area contributed by atoms with Crippen LogP contribution in [0.25, 0.3) is 0 Å². The molecule has 2 aliphatic rings. The smallest absolute Gasteiger partial charge is 0.260 e. The molecule has 0 bridgehead atoms. The molecule has 164 valence electrons. The van der Waals surface area contributed by atoms with Gasteiger partial charge in [-0.05, 0) is 24.1 Å².